The third-order valence-electron chi connectivity index (χ3n) is 3.78. The van der Waals surface area contributed by atoms with Crippen LogP contribution in [-0.4, -0.2) is 9.19 Å². The minimum Gasteiger partial charge on any atom is -0.262 e. The van der Waals surface area contributed by atoms with E-state index in [0.717, 1.165) is 12.1 Å². The number of pyridine rings is 1. The van der Waals surface area contributed by atoms with Gasteiger partial charge in [-0.1, -0.05) is 23.2 Å². The van der Waals surface area contributed by atoms with E-state index < -0.39 is 27.7 Å². The van der Waals surface area contributed by atoms with Crippen LogP contribution in [-0.2, 0) is 23.0 Å². The molecule has 22 heavy (non-hydrogen) atoms. The molecule has 0 spiro atoms. The largest absolute Gasteiger partial charge is 0.262 e. The summed E-state index contributed by atoms with van der Waals surface area (Å²) >= 11 is 12.0. The minimum absolute atomic E-state index is 0.0836. The van der Waals surface area contributed by atoms with E-state index in [9.17, 15) is 13.0 Å². The van der Waals surface area contributed by atoms with E-state index in [1.165, 1.54) is 12.4 Å². The number of hydrogen-bond donors (Lipinski definition) is 0. The summed E-state index contributed by atoms with van der Waals surface area (Å²) in [6.45, 7) is 0. The Morgan fingerprint density at radius 3 is 2.50 bits per heavy atom. The molecule has 1 aliphatic carbocycles. The molecule has 2 atom stereocenters. The summed E-state index contributed by atoms with van der Waals surface area (Å²) in [5.74, 6) is -0.879. The lowest BCUT2D eigenvalue weighted by Crippen LogP contribution is -2.08. The molecule has 7 heteroatoms. The van der Waals surface area contributed by atoms with Crippen molar-refractivity contribution in [3.8, 4) is 0 Å². The lowest BCUT2D eigenvalue weighted by atomic mass is 10.1. The first-order chi connectivity index (χ1) is 10.5. The molecule has 2 unspecified atom stereocenters. The van der Waals surface area contributed by atoms with Gasteiger partial charge in [0.2, 0.25) is 0 Å². The first-order valence-electron chi connectivity index (χ1n) is 6.61. The van der Waals surface area contributed by atoms with Crippen LogP contribution in [0.1, 0.15) is 28.4 Å². The monoisotopic (exact) mass is 361 g/mol. The predicted octanol–water partition coefficient (Wildman–Crippen LogP) is 4.60. The highest BCUT2D eigenvalue weighted by Gasteiger charge is 2.33. The maximum Gasteiger partial charge on any atom is 0.128 e. The third-order valence-corrected chi connectivity index (χ3v) is 6.11. The Hall–Kier alpha value is -1.04. The molecule has 1 heterocycles. The molecule has 2 aromatic rings. The molecule has 1 aliphatic rings. The van der Waals surface area contributed by atoms with Crippen molar-refractivity contribution in [3.05, 3.63) is 62.9 Å². The standard InChI is InChI=1S/C15H11Cl2F2NOS/c16-10-5-20-6-11(17)9(10)7-22(21)14-4-1-8-12(18)2-3-13(19)15(8)14/h2-3,5-6,14H,1,4,7H2. The SMILES string of the molecule is O=S(Cc1c(Cl)cncc1Cl)C1CCc2c(F)ccc(F)c21. The van der Waals surface area contributed by atoms with Gasteiger partial charge >= 0.3 is 0 Å². The number of nitrogens with zero attached hydrogens (tertiary/aromatic N) is 1. The first kappa shape index (κ1) is 15.8. The van der Waals surface area contributed by atoms with E-state index in [0.29, 0.717) is 34.0 Å². The van der Waals surface area contributed by atoms with Crippen LogP contribution in [0.15, 0.2) is 24.5 Å². The van der Waals surface area contributed by atoms with Gasteiger partial charge in [0.15, 0.2) is 0 Å². The van der Waals surface area contributed by atoms with Crippen molar-refractivity contribution in [1.29, 1.82) is 0 Å². The molecule has 2 nitrogen and oxygen atoms in total. The van der Waals surface area contributed by atoms with Gasteiger partial charge in [-0.25, -0.2) is 8.78 Å². The van der Waals surface area contributed by atoms with Crippen molar-refractivity contribution in [3.63, 3.8) is 0 Å². The van der Waals surface area contributed by atoms with E-state index in [2.05, 4.69) is 4.98 Å². The highest BCUT2D eigenvalue weighted by atomic mass is 35.5. The molecule has 1 aromatic carbocycles. The van der Waals surface area contributed by atoms with Gasteiger partial charge in [-0.05, 0) is 30.5 Å². The van der Waals surface area contributed by atoms with Crippen molar-refractivity contribution < 1.29 is 13.0 Å². The maximum absolute atomic E-state index is 14.0. The average Bonchev–Trinajstić information content (AvgIpc) is 2.93. The van der Waals surface area contributed by atoms with Gasteiger partial charge in [0.05, 0.1) is 21.0 Å². The molecule has 3 rings (SSSR count). The Labute approximate surface area is 138 Å². The number of benzene rings is 1. The lowest BCUT2D eigenvalue weighted by molar-refractivity contribution is 0.583. The van der Waals surface area contributed by atoms with Crippen molar-refractivity contribution in [2.45, 2.75) is 23.8 Å². The van der Waals surface area contributed by atoms with Gasteiger partial charge in [-0.2, -0.15) is 0 Å². The molecular formula is C15H11Cl2F2NOS. The molecule has 0 saturated heterocycles. The van der Waals surface area contributed by atoms with Gasteiger partial charge < -0.3 is 0 Å². The number of hydrogen-bond acceptors (Lipinski definition) is 2. The summed E-state index contributed by atoms with van der Waals surface area (Å²) in [5.41, 5.74) is 1.06. The zero-order chi connectivity index (χ0) is 15.9. The molecule has 0 amide bonds. The smallest absolute Gasteiger partial charge is 0.128 e. The Morgan fingerprint density at radius 1 is 1.18 bits per heavy atom. The zero-order valence-electron chi connectivity index (χ0n) is 11.3. The predicted molar refractivity (Wildman–Crippen MR) is 83.5 cm³/mol. The van der Waals surface area contributed by atoms with Gasteiger partial charge in [0.1, 0.15) is 11.6 Å². The molecular weight excluding hydrogens is 351 g/mol. The van der Waals surface area contributed by atoms with Crippen LogP contribution in [0.2, 0.25) is 10.0 Å². The topological polar surface area (TPSA) is 30.0 Å². The normalized spacial score (nSPS) is 18.3. The summed E-state index contributed by atoms with van der Waals surface area (Å²) in [7, 11) is -1.45. The molecule has 0 saturated carbocycles. The second kappa shape index (κ2) is 6.22. The summed E-state index contributed by atoms with van der Waals surface area (Å²) in [6, 6.07) is 2.19. The summed E-state index contributed by atoms with van der Waals surface area (Å²) in [6.07, 6.45) is 3.67. The zero-order valence-corrected chi connectivity index (χ0v) is 13.6. The van der Waals surface area contributed by atoms with Crippen molar-refractivity contribution in [2.75, 3.05) is 0 Å². The highest BCUT2D eigenvalue weighted by molar-refractivity contribution is 7.84. The Balaban J connectivity index is 1.92. The molecule has 0 aliphatic heterocycles. The van der Waals surface area contributed by atoms with E-state index in [1.54, 1.807) is 0 Å². The average molecular weight is 362 g/mol. The van der Waals surface area contributed by atoms with Gasteiger partial charge in [-0.3, -0.25) is 9.19 Å². The fourth-order valence-electron chi connectivity index (χ4n) is 2.71. The minimum atomic E-state index is -1.45. The number of rotatable bonds is 3. The molecule has 0 bridgehead atoms. The van der Waals surface area contributed by atoms with Crippen LogP contribution >= 0.6 is 23.2 Å². The summed E-state index contributed by atoms with van der Waals surface area (Å²) < 4.78 is 40.4. The fourth-order valence-corrected chi connectivity index (χ4v) is 5.07. The van der Waals surface area contributed by atoms with E-state index in [4.69, 9.17) is 23.2 Å². The van der Waals surface area contributed by atoms with E-state index in [-0.39, 0.29) is 11.3 Å². The number of fused-ring (bicyclic) bond motifs is 1. The Morgan fingerprint density at radius 2 is 1.82 bits per heavy atom. The number of halogens is 4. The van der Waals surface area contributed by atoms with Crippen molar-refractivity contribution in [2.24, 2.45) is 0 Å². The first-order valence-corrected chi connectivity index (χ1v) is 8.74. The van der Waals surface area contributed by atoms with Crippen molar-refractivity contribution in [1.82, 2.24) is 4.98 Å². The van der Waals surface area contributed by atoms with E-state index in [1.807, 2.05) is 0 Å². The molecule has 1 aromatic heterocycles. The Bertz CT molecular complexity index is 749. The van der Waals surface area contributed by atoms with Gasteiger partial charge in [0.25, 0.3) is 0 Å². The second-order valence-corrected chi connectivity index (χ2v) is 7.49. The summed E-state index contributed by atoms with van der Waals surface area (Å²) in [5, 5.41) is 0.0866. The quantitative estimate of drug-likeness (QED) is 0.799. The molecule has 0 radical (unpaired) electrons. The fraction of sp³-hybridized carbons (Fsp3) is 0.267. The lowest BCUT2D eigenvalue weighted by Gasteiger charge is -2.14. The van der Waals surface area contributed by atoms with E-state index >= 15 is 0 Å². The Kier molecular flexibility index (Phi) is 4.48. The van der Waals surface area contributed by atoms with Gasteiger partial charge in [-0.15, -0.1) is 0 Å². The molecule has 116 valence electrons. The molecule has 0 fully saturated rings. The molecule has 0 N–H and O–H groups in total. The van der Waals surface area contributed by atoms with Crippen LogP contribution in [0.3, 0.4) is 0 Å². The second-order valence-electron chi connectivity index (χ2n) is 5.06. The van der Waals surface area contributed by atoms with Crippen LogP contribution < -0.4 is 0 Å². The van der Waals surface area contributed by atoms with Crippen LogP contribution in [0.25, 0.3) is 0 Å². The number of aromatic nitrogens is 1. The van der Waals surface area contributed by atoms with Crippen LogP contribution in [0, 0.1) is 11.6 Å². The van der Waals surface area contributed by atoms with Crippen LogP contribution in [0.5, 0.6) is 0 Å². The highest BCUT2D eigenvalue weighted by Crippen LogP contribution is 2.40. The summed E-state index contributed by atoms with van der Waals surface area (Å²) in [4.78, 5) is 3.84. The third kappa shape index (κ3) is 2.77. The van der Waals surface area contributed by atoms with Crippen molar-refractivity contribution >= 4 is 34.0 Å². The maximum atomic E-state index is 14.0. The van der Waals surface area contributed by atoms with Crippen LogP contribution in [0.4, 0.5) is 8.78 Å². The van der Waals surface area contributed by atoms with Gasteiger partial charge in [0, 0.05) is 34.3 Å².